The van der Waals surface area contributed by atoms with E-state index >= 15 is 0 Å². The smallest absolute Gasteiger partial charge is 0.251 e. The number of fused-ring (bicyclic) bond motifs is 1. The lowest BCUT2D eigenvalue weighted by Gasteiger charge is -2.30. The number of aromatic nitrogens is 4. The van der Waals surface area contributed by atoms with E-state index in [1.54, 1.807) is 28.2 Å². The molecule has 0 bridgehead atoms. The number of nitrogens with one attached hydrogen (secondary N) is 1. The van der Waals surface area contributed by atoms with E-state index < -0.39 is 6.43 Å². The number of halogens is 2. The summed E-state index contributed by atoms with van der Waals surface area (Å²) in [5.41, 5.74) is 1.70. The SMILES string of the molecule is Cn1cc(-c2cc3cc(NC(=O)C4CCN(CC(F)F)CC4)ncc3cn2)cn1. The van der Waals surface area contributed by atoms with Crippen LogP contribution in [0.3, 0.4) is 0 Å². The number of carbonyl (C=O) groups is 1. The van der Waals surface area contributed by atoms with E-state index in [9.17, 15) is 13.6 Å². The Morgan fingerprint density at radius 3 is 2.62 bits per heavy atom. The van der Waals surface area contributed by atoms with E-state index in [1.807, 2.05) is 25.4 Å². The standard InChI is InChI=1S/C20H22F2N6O/c1-27-11-16(10-25-27)17-6-14-7-19(24-9-15(14)8-23-17)26-20(29)13-2-4-28(5-3-13)12-18(21)22/h6-11,13,18H,2-5,12H2,1H3,(H,24,26,29). The predicted octanol–water partition coefficient (Wildman–Crippen LogP) is 2.95. The molecule has 0 saturated carbocycles. The average Bonchev–Trinajstić information content (AvgIpc) is 3.14. The number of likely N-dealkylation sites (tertiary alicyclic amines) is 1. The van der Waals surface area contributed by atoms with E-state index in [-0.39, 0.29) is 18.4 Å². The van der Waals surface area contributed by atoms with Gasteiger partial charge in [0.05, 0.1) is 18.4 Å². The second-order valence-electron chi connectivity index (χ2n) is 7.34. The number of hydrogen-bond acceptors (Lipinski definition) is 5. The van der Waals surface area contributed by atoms with Crippen LogP contribution in [0, 0.1) is 5.92 Å². The monoisotopic (exact) mass is 400 g/mol. The van der Waals surface area contributed by atoms with Crippen molar-refractivity contribution in [2.24, 2.45) is 13.0 Å². The van der Waals surface area contributed by atoms with Gasteiger partial charge in [0.15, 0.2) is 0 Å². The van der Waals surface area contributed by atoms with Crippen LogP contribution in [0.1, 0.15) is 12.8 Å². The van der Waals surface area contributed by atoms with Crippen LogP contribution < -0.4 is 5.32 Å². The summed E-state index contributed by atoms with van der Waals surface area (Å²) in [6, 6.07) is 3.76. The summed E-state index contributed by atoms with van der Waals surface area (Å²) in [5, 5.41) is 8.82. The van der Waals surface area contributed by atoms with Gasteiger partial charge in [0.25, 0.3) is 6.43 Å². The van der Waals surface area contributed by atoms with Crippen molar-refractivity contribution < 1.29 is 13.6 Å². The maximum Gasteiger partial charge on any atom is 0.251 e. The molecular weight excluding hydrogens is 378 g/mol. The van der Waals surface area contributed by atoms with Crippen molar-refractivity contribution in [3.63, 3.8) is 0 Å². The highest BCUT2D eigenvalue weighted by Crippen LogP contribution is 2.24. The van der Waals surface area contributed by atoms with E-state index in [0.29, 0.717) is 31.7 Å². The minimum Gasteiger partial charge on any atom is -0.310 e. The Kier molecular flexibility index (Phi) is 5.48. The largest absolute Gasteiger partial charge is 0.310 e. The van der Waals surface area contributed by atoms with Gasteiger partial charge in [0.2, 0.25) is 5.91 Å². The molecule has 4 heterocycles. The summed E-state index contributed by atoms with van der Waals surface area (Å²) in [7, 11) is 1.85. The van der Waals surface area contributed by atoms with Gasteiger partial charge < -0.3 is 5.32 Å². The molecule has 1 N–H and O–H groups in total. The number of amides is 1. The van der Waals surface area contributed by atoms with Crippen molar-refractivity contribution in [2.45, 2.75) is 19.3 Å². The molecule has 1 amide bonds. The number of piperidine rings is 1. The molecule has 9 heteroatoms. The first kappa shape index (κ1) is 19.4. The lowest BCUT2D eigenvalue weighted by molar-refractivity contribution is -0.121. The second kappa shape index (κ2) is 8.20. The number of aryl methyl sites for hydroxylation is 1. The van der Waals surface area contributed by atoms with E-state index in [2.05, 4.69) is 20.4 Å². The van der Waals surface area contributed by atoms with E-state index in [1.165, 1.54) is 0 Å². The fourth-order valence-electron chi connectivity index (χ4n) is 3.62. The van der Waals surface area contributed by atoms with Crippen molar-refractivity contribution in [3.8, 4) is 11.3 Å². The quantitative estimate of drug-likeness (QED) is 0.713. The Labute approximate surface area is 166 Å². The Balaban J connectivity index is 1.44. The van der Waals surface area contributed by atoms with Gasteiger partial charge in [-0.1, -0.05) is 0 Å². The number of pyridine rings is 2. The summed E-state index contributed by atoms with van der Waals surface area (Å²) >= 11 is 0. The topological polar surface area (TPSA) is 75.9 Å². The normalized spacial score (nSPS) is 15.9. The van der Waals surface area contributed by atoms with Gasteiger partial charge in [-0.05, 0) is 43.5 Å². The molecule has 0 radical (unpaired) electrons. The molecule has 0 aliphatic carbocycles. The van der Waals surface area contributed by atoms with Gasteiger partial charge in [-0.3, -0.25) is 19.4 Å². The van der Waals surface area contributed by atoms with Gasteiger partial charge in [0, 0.05) is 42.5 Å². The van der Waals surface area contributed by atoms with E-state index in [4.69, 9.17) is 0 Å². The minimum atomic E-state index is -2.34. The lowest BCUT2D eigenvalue weighted by Crippen LogP contribution is -2.40. The predicted molar refractivity (Wildman–Crippen MR) is 106 cm³/mol. The zero-order valence-electron chi connectivity index (χ0n) is 16.1. The van der Waals surface area contributed by atoms with Gasteiger partial charge in [0.1, 0.15) is 5.82 Å². The van der Waals surface area contributed by atoms with Crippen molar-refractivity contribution >= 4 is 22.5 Å². The summed E-state index contributed by atoms with van der Waals surface area (Å²) < 4.78 is 26.7. The zero-order chi connectivity index (χ0) is 20.4. The molecule has 1 aliphatic rings. The molecule has 0 atom stereocenters. The molecule has 1 aliphatic heterocycles. The van der Waals surface area contributed by atoms with Crippen LogP contribution in [0.4, 0.5) is 14.6 Å². The summed E-state index contributed by atoms with van der Waals surface area (Å²) in [4.78, 5) is 23.0. The molecule has 0 unspecified atom stereocenters. The van der Waals surface area contributed by atoms with Crippen molar-refractivity contribution in [1.29, 1.82) is 0 Å². The molecular formula is C20H22F2N6O. The third-order valence-corrected chi connectivity index (χ3v) is 5.21. The fourth-order valence-corrected chi connectivity index (χ4v) is 3.62. The molecule has 0 spiro atoms. The molecule has 152 valence electrons. The molecule has 1 saturated heterocycles. The maximum atomic E-state index is 12.6. The Bertz CT molecular complexity index is 1010. The van der Waals surface area contributed by atoms with Gasteiger partial charge in [-0.2, -0.15) is 5.10 Å². The summed E-state index contributed by atoms with van der Waals surface area (Å²) in [6.45, 7) is 0.787. The highest BCUT2D eigenvalue weighted by molar-refractivity contribution is 5.94. The second-order valence-corrected chi connectivity index (χ2v) is 7.34. The molecule has 29 heavy (non-hydrogen) atoms. The number of rotatable bonds is 5. The number of carbonyl (C=O) groups excluding carboxylic acids is 1. The lowest BCUT2D eigenvalue weighted by atomic mass is 9.96. The first-order valence-corrected chi connectivity index (χ1v) is 9.54. The van der Waals surface area contributed by atoms with Gasteiger partial charge >= 0.3 is 0 Å². The number of anilines is 1. The molecule has 7 nitrogen and oxygen atoms in total. The molecule has 1 fully saturated rings. The van der Waals surface area contributed by atoms with Crippen LogP contribution in [0.15, 0.2) is 36.9 Å². The van der Waals surface area contributed by atoms with Crippen LogP contribution in [-0.2, 0) is 11.8 Å². The summed E-state index contributed by atoms with van der Waals surface area (Å²) in [6.07, 6.45) is 5.86. The fraction of sp³-hybridized carbons (Fsp3) is 0.400. The van der Waals surface area contributed by atoms with Gasteiger partial charge in [-0.15, -0.1) is 0 Å². The van der Waals surface area contributed by atoms with E-state index in [0.717, 1.165) is 22.0 Å². The van der Waals surface area contributed by atoms with Crippen LogP contribution in [0.5, 0.6) is 0 Å². The third kappa shape index (κ3) is 4.56. The minimum absolute atomic E-state index is 0.116. The number of nitrogens with zero attached hydrogens (tertiary/aromatic N) is 5. The molecule has 0 aromatic carbocycles. The zero-order valence-corrected chi connectivity index (χ0v) is 16.1. The van der Waals surface area contributed by atoms with Crippen LogP contribution in [0.2, 0.25) is 0 Å². The number of hydrogen-bond donors (Lipinski definition) is 1. The first-order valence-electron chi connectivity index (χ1n) is 9.54. The van der Waals surface area contributed by atoms with Crippen molar-refractivity contribution in [2.75, 3.05) is 25.0 Å². The molecule has 4 rings (SSSR count). The Morgan fingerprint density at radius 2 is 1.93 bits per heavy atom. The Morgan fingerprint density at radius 1 is 1.17 bits per heavy atom. The number of alkyl halides is 2. The average molecular weight is 400 g/mol. The van der Waals surface area contributed by atoms with Crippen LogP contribution in [0.25, 0.3) is 22.0 Å². The van der Waals surface area contributed by atoms with Crippen LogP contribution in [-0.4, -0.2) is 56.6 Å². The molecule has 3 aromatic heterocycles. The Hall–Kier alpha value is -2.94. The highest BCUT2D eigenvalue weighted by Gasteiger charge is 2.26. The van der Waals surface area contributed by atoms with Crippen molar-refractivity contribution in [1.82, 2.24) is 24.6 Å². The maximum absolute atomic E-state index is 12.6. The highest BCUT2D eigenvalue weighted by atomic mass is 19.3. The summed E-state index contributed by atoms with van der Waals surface area (Å²) in [5.74, 6) is 0.167. The third-order valence-electron chi connectivity index (χ3n) is 5.21. The molecule has 3 aromatic rings. The first-order chi connectivity index (χ1) is 14.0. The van der Waals surface area contributed by atoms with Crippen molar-refractivity contribution in [3.05, 3.63) is 36.9 Å². The van der Waals surface area contributed by atoms with Gasteiger partial charge in [-0.25, -0.2) is 13.8 Å². The van der Waals surface area contributed by atoms with Crippen LogP contribution >= 0.6 is 0 Å².